The number of nitrogens with zero attached hydrogens (tertiary/aromatic N) is 1. The topological polar surface area (TPSA) is 100 Å². The average molecular weight is 390 g/mol. The van der Waals surface area contributed by atoms with E-state index in [1.54, 1.807) is 35.8 Å². The van der Waals surface area contributed by atoms with Crippen LogP contribution >= 0.6 is 0 Å². The van der Waals surface area contributed by atoms with Crippen LogP contribution in [0.3, 0.4) is 0 Å². The van der Waals surface area contributed by atoms with Crippen molar-refractivity contribution >= 4 is 17.3 Å². The number of hydroxylamine groups is 1. The maximum atomic E-state index is 11.6. The number of aliphatic imine (C=N–C) groups is 1. The zero-order valence-corrected chi connectivity index (χ0v) is 15.3. The van der Waals surface area contributed by atoms with Crippen LogP contribution in [0.25, 0.3) is 0 Å². The minimum atomic E-state index is -0.590. The van der Waals surface area contributed by atoms with E-state index in [9.17, 15) is 4.79 Å². The fourth-order valence-electron chi connectivity index (χ4n) is 3.07. The van der Waals surface area contributed by atoms with Gasteiger partial charge in [0.25, 0.3) is 5.91 Å². The third-order valence-electron chi connectivity index (χ3n) is 4.41. The van der Waals surface area contributed by atoms with E-state index in [1.807, 2.05) is 36.4 Å². The third-order valence-corrected chi connectivity index (χ3v) is 4.41. The minimum Gasteiger partial charge on any atom is -0.487 e. The lowest BCUT2D eigenvalue weighted by atomic mass is 9.99. The number of carbonyl (C=O) groups is 1. The second-order valence-corrected chi connectivity index (χ2v) is 6.25. The highest BCUT2D eigenvalue weighted by Gasteiger charge is 2.23. The van der Waals surface area contributed by atoms with Crippen molar-refractivity contribution in [3.8, 4) is 17.2 Å². The number of aliphatic hydroxyl groups excluding tert-OH is 1. The van der Waals surface area contributed by atoms with E-state index < -0.39 is 5.91 Å². The molecule has 1 aliphatic heterocycles. The van der Waals surface area contributed by atoms with Gasteiger partial charge in [0, 0.05) is 16.7 Å². The summed E-state index contributed by atoms with van der Waals surface area (Å²) in [5.74, 6) is 0.993. The zero-order valence-electron chi connectivity index (χ0n) is 15.3. The van der Waals surface area contributed by atoms with Crippen LogP contribution in [-0.2, 0) is 0 Å². The van der Waals surface area contributed by atoms with Crippen LogP contribution in [0, 0.1) is 0 Å². The molecule has 0 bridgehead atoms. The van der Waals surface area contributed by atoms with Gasteiger partial charge in [0.05, 0.1) is 12.3 Å². The van der Waals surface area contributed by atoms with E-state index in [2.05, 4.69) is 0 Å². The summed E-state index contributed by atoms with van der Waals surface area (Å²) in [5, 5.41) is 17.9. The van der Waals surface area contributed by atoms with E-state index >= 15 is 0 Å². The molecule has 0 atom stereocenters. The van der Waals surface area contributed by atoms with Crippen LogP contribution in [0.4, 0.5) is 5.69 Å². The summed E-state index contributed by atoms with van der Waals surface area (Å²) in [4.78, 5) is 16.4. The average Bonchev–Trinajstić information content (AvgIpc) is 2.94. The molecule has 4 rings (SSSR count). The number of hydrogen-bond acceptors (Lipinski definition) is 6. The fraction of sp³-hybridized carbons (Fsp3) is 0.0909. The number of aliphatic hydroxyl groups is 1. The van der Waals surface area contributed by atoms with E-state index in [0.717, 1.165) is 11.1 Å². The van der Waals surface area contributed by atoms with Crippen LogP contribution in [0.2, 0.25) is 0 Å². The number of benzene rings is 3. The summed E-state index contributed by atoms with van der Waals surface area (Å²) >= 11 is 0. The molecule has 7 heteroatoms. The molecule has 0 aromatic heterocycles. The van der Waals surface area contributed by atoms with Crippen LogP contribution in [0.5, 0.6) is 17.2 Å². The lowest BCUT2D eigenvalue weighted by molar-refractivity contribution is 0.0706. The molecule has 1 heterocycles. The number of carbonyl (C=O) groups excluding carboxylic acids is 1. The molecule has 0 unspecified atom stereocenters. The summed E-state index contributed by atoms with van der Waals surface area (Å²) in [6, 6.07) is 19.6. The van der Waals surface area contributed by atoms with Crippen LogP contribution in [0.15, 0.2) is 71.7 Å². The van der Waals surface area contributed by atoms with Gasteiger partial charge in [0.1, 0.15) is 12.3 Å². The predicted molar refractivity (Wildman–Crippen MR) is 107 cm³/mol. The predicted octanol–water partition coefficient (Wildman–Crippen LogP) is 3.45. The van der Waals surface area contributed by atoms with Gasteiger partial charge in [-0.2, -0.15) is 0 Å². The molecule has 7 nitrogen and oxygen atoms in total. The van der Waals surface area contributed by atoms with Crippen molar-refractivity contribution in [2.45, 2.75) is 0 Å². The Morgan fingerprint density at radius 2 is 1.83 bits per heavy atom. The largest absolute Gasteiger partial charge is 0.487 e. The lowest BCUT2D eigenvalue weighted by Crippen LogP contribution is -2.18. The maximum absolute atomic E-state index is 11.6. The third kappa shape index (κ3) is 3.69. The summed E-state index contributed by atoms with van der Waals surface area (Å²) in [5.41, 5.74) is 4.73. The van der Waals surface area contributed by atoms with Crippen molar-refractivity contribution in [2.75, 3.05) is 13.2 Å². The maximum Gasteiger partial charge on any atom is 0.274 e. The van der Waals surface area contributed by atoms with Gasteiger partial charge in [-0.15, -0.1) is 0 Å². The Hall–Kier alpha value is -3.68. The van der Waals surface area contributed by atoms with E-state index in [-0.39, 0.29) is 13.2 Å². The number of fused-ring (bicyclic) bond motifs is 2. The molecule has 0 radical (unpaired) electrons. The number of hydrogen-bond donors (Lipinski definition) is 3. The molecule has 0 fully saturated rings. The normalized spacial score (nSPS) is 12.0. The molecule has 3 aromatic rings. The monoisotopic (exact) mass is 390 g/mol. The van der Waals surface area contributed by atoms with Crippen LogP contribution < -0.4 is 15.0 Å². The molecule has 146 valence electrons. The molecule has 3 aromatic carbocycles. The zero-order chi connectivity index (χ0) is 20.2. The first kappa shape index (κ1) is 18.7. The molecular weight excluding hydrogens is 372 g/mol. The molecule has 1 amide bonds. The summed E-state index contributed by atoms with van der Waals surface area (Å²) in [6.45, 7) is 0.0223. The SMILES string of the molecule is O=C(NO)c1ccc(C2=Nc3ccccc3Oc3c(OCCO)cccc32)cc1. The molecule has 1 aliphatic rings. The van der Waals surface area contributed by atoms with Crippen molar-refractivity contribution in [1.82, 2.24) is 5.48 Å². The van der Waals surface area contributed by atoms with Gasteiger partial charge >= 0.3 is 0 Å². The minimum absolute atomic E-state index is 0.115. The molecule has 0 saturated carbocycles. The standard InChI is InChI=1S/C22H18N2O5/c25-12-13-28-19-7-3-4-16-20(14-8-10-15(11-9-14)22(26)24-27)23-17-5-1-2-6-18(17)29-21(16)19/h1-11,25,27H,12-13H2,(H,24,26). The van der Waals surface area contributed by atoms with Crippen molar-refractivity contribution in [3.05, 3.63) is 83.4 Å². The number of nitrogens with one attached hydrogen (secondary N) is 1. The summed E-state index contributed by atoms with van der Waals surface area (Å²) in [7, 11) is 0. The Kier molecular flexibility index (Phi) is 5.24. The first-order valence-corrected chi connectivity index (χ1v) is 8.98. The van der Waals surface area contributed by atoms with Gasteiger partial charge in [-0.1, -0.05) is 30.3 Å². The molecule has 3 N–H and O–H groups in total. The summed E-state index contributed by atoms with van der Waals surface area (Å²) < 4.78 is 11.8. The van der Waals surface area contributed by atoms with Gasteiger partial charge in [-0.3, -0.25) is 10.0 Å². The Balaban J connectivity index is 1.86. The quantitative estimate of drug-likeness (QED) is 0.358. The van der Waals surface area contributed by atoms with Crippen molar-refractivity contribution in [1.29, 1.82) is 0 Å². The molecule has 0 spiro atoms. The van der Waals surface area contributed by atoms with E-state index in [0.29, 0.717) is 34.2 Å². The highest BCUT2D eigenvalue weighted by molar-refractivity contribution is 6.16. The van der Waals surface area contributed by atoms with Gasteiger partial charge in [0.15, 0.2) is 17.2 Å². The second-order valence-electron chi connectivity index (χ2n) is 6.25. The molecule has 0 saturated heterocycles. The second kappa shape index (κ2) is 8.14. The van der Waals surface area contributed by atoms with Crippen molar-refractivity contribution in [2.24, 2.45) is 4.99 Å². The van der Waals surface area contributed by atoms with Crippen LogP contribution in [0.1, 0.15) is 21.5 Å². The number of amides is 1. The number of ether oxygens (including phenoxy) is 2. The Bertz CT molecular complexity index is 1080. The Morgan fingerprint density at radius 3 is 2.59 bits per heavy atom. The van der Waals surface area contributed by atoms with Crippen molar-refractivity contribution < 1.29 is 24.6 Å². The van der Waals surface area contributed by atoms with E-state index in [1.165, 1.54) is 0 Å². The highest BCUT2D eigenvalue weighted by atomic mass is 16.5. The summed E-state index contributed by atoms with van der Waals surface area (Å²) in [6.07, 6.45) is 0. The van der Waals surface area contributed by atoms with Gasteiger partial charge < -0.3 is 14.6 Å². The first-order chi connectivity index (χ1) is 14.2. The molecular formula is C22H18N2O5. The van der Waals surface area contributed by atoms with Gasteiger partial charge in [-0.05, 0) is 36.4 Å². The molecule has 0 aliphatic carbocycles. The number of para-hydroxylation sites is 3. The molecule has 29 heavy (non-hydrogen) atoms. The Labute approximate surface area is 166 Å². The van der Waals surface area contributed by atoms with E-state index in [4.69, 9.17) is 24.8 Å². The van der Waals surface area contributed by atoms with Gasteiger partial charge in [0.2, 0.25) is 0 Å². The van der Waals surface area contributed by atoms with Crippen molar-refractivity contribution in [3.63, 3.8) is 0 Å². The smallest absolute Gasteiger partial charge is 0.274 e. The lowest BCUT2D eigenvalue weighted by Gasteiger charge is -2.15. The Morgan fingerprint density at radius 1 is 1.03 bits per heavy atom. The highest BCUT2D eigenvalue weighted by Crippen LogP contribution is 2.43. The van der Waals surface area contributed by atoms with Gasteiger partial charge in [-0.25, -0.2) is 10.5 Å². The number of rotatable bonds is 5. The van der Waals surface area contributed by atoms with Crippen LogP contribution in [-0.4, -0.2) is 35.1 Å². The fourth-order valence-corrected chi connectivity index (χ4v) is 3.07. The first-order valence-electron chi connectivity index (χ1n) is 8.98.